The molecule has 0 aliphatic rings. The normalized spacial score (nSPS) is 10.6. The van der Waals surface area contributed by atoms with Crippen LogP contribution >= 0.6 is 0 Å². The second kappa shape index (κ2) is 3.48. The Morgan fingerprint density at radius 2 is 2.00 bits per heavy atom. The number of fused-ring (bicyclic) bond motifs is 1. The lowest BCUT2D eigenvalue weighted by atomic mass is 10.0. The van der Waals surface area contributed by atoms with E-state index >= 15 is 0 Å². The minimum atomic E-state index is -1.05. The number of nitrogens with zero attached hydrogens (tertiary/aromatic N) is 1. The summed E-state index contributed by atoms with van der Waals surface area (Å²) in [6, 6.07) is 5.46. The fraction of sp³-hybridized carbons (Fsp3) is 0.167. The number of aromatic carboxylic acids is 1. The third-order valence-electron chi connectivity index (χ3n) is 2.55. The Bertz CT molecular complexity index is 591. The Morgan fingerprint density at radius 3 is 2.62 bits per heavy atom. The van der Waals surface area contributed by atoms with Crippen molar-refractivity contribution in [3.8, 4) is 0 Å². The average Bonchev–Trinajstić information content (AvgIpc) is 2.15. The van der Waals surface area contributed by atoms with Crippen molar-refractivity contribution >= 4 is 22.7 Å². The number of benzene rings is 1. The van der Waals surface area contributed by atoms with Crippen molar-refractivity contribution in [2.45, 2.75) is 13.8 Å². The van der Waals surface area contributed by atoms with E-state index in [1.54, 1.807) is 6.07 Å². The van der Waals surface area contributed by atoms with Gasteiger partial charge in [-0.3, -0.25) is 0 Å². The quantitative estimate of drug-likeness (QED) is 0.765. The van der Waals surface area contributed by atoms with Gasteiger partial charge in [0.1, 0.15) is 11.4 Å². The molecule has 0 unspecified atom stereocenters. The van der Waals surface area contributed by atoms with Crippen LogP contribution in [0.1, 0.15) is 21.5 Å². The van der Waals surface area contributed by atoms with Crippen molar-refractivity contribution < 1.29 is 9.90 Å². The van der Waals surface area contributed by atoms with E-state index in [9.17, 15) is 4.79 Å². The highest BCUT2D eigenvalue weighted by Gasteiger charge is 2.11. The maximum atomic E-state index is 10.9. The van der Waals surface area contributed by atoms with Crippen LogP contribution in [0.5, 0.6) is 0 Å². The average molecular weight is 216 g/mol. The fourth-order valence-corrected chi connectivity index (χ4v) is 1.82. The summed E-state index contributed by atoms with van der Waals surface area (Å²) in [5.74, 6) is -0.989. The Kier molecular flexibility index (Phi) is 2.27. The lowest BCUT2D eigenvalue weighted by Gasteiger charge is -2.07. The zero-order valence-electron chi connectivity index (χ0n) is 9.11. The summed E-state index contributed by atoms with van der Waals surface area (Å²) in [7, 11) is 0. The van der Waals surface area contributed by atoms with Gasteiger partial charge in [-0.1, -0.05) is 6.07 Å². The molecule has 0 saturated heterocycles. The smallest absolute Gasteiger partial charge is 0.339 e. The molecule has 0 radical (unpaired) electrons. The molecular weight excluding hydrogens is 204 g/mol. The number of aromatic nitrogens is 1. The van der Waals surface area contributed by atoms with Crippen LogP contribution in [0, 0.1) is 13.8 Å². The molecule has 2 aromatic rings. The van der Waals surface area contributed by atoms with Crippen molar-refractivity contribution in [1.82, 2.24) is 4.98 Å². The molecule has 0 bridgehead atoms. The number of anilines is 1. The molecule has 0 atom stereocenters. The van der Waals surface area contributed by atoms with Crippen molar-refractivity contribution in [3.05, 3.63) is 34.9 Å². The van der Waals surface area contributed by atoms with Gasteiger partial charge in [0, 0.05) is 5.39 Å². The van der Waals surface area contributed by atoms with Gasteiger partial charge >= 0.3 is 5.97 Å². The number of rotatable bonds is 1. The lowest BCUT2D eigenvalue weighted by molar-refractivity contribution is 0.0698. The van der Waals surface area contributed by atoms with Crippen LogP contribution in [-0.4, -0.2) is 16.1 Å². The number of hydrogen-bond acceptors (Lipinski definition) is 3. The SMILES string of the molecule is Cc1cc(C)c2cc(C(=O)O)c(N)nc2c1. The highest BCUT2D eigenvalue weighted by Crippen LogP contribution is 2.23. The van der Waals surface area contributed by atoms with Gasteiger partial charge in [0.05, 0.1) is 5.52 Å². The van der Waals surface area contributed by atoms with E-state index < -0.39 is 5.97 Å². The van der Waals surface area contributed by atoms with Gasteiger partial charge in [-0.05, 0) is 37.1 Å². The number of nitrogens with two attached hydrogens (primary N) is 1. The van der Waals surface area contributed by atoms with Crippen LogP contribution in [0.15, 0.2) is 18.2 Å². The minimum absolute atomic E-state index is 0.0550. The zero-order chi connectivity index (χ0) is 11.9. The van der Waals surface area contributed by atoms with Gasteiger partial charge < -0.3 is 10.8 Å². The Morgan fingerprint density at radius 1 is 1.31 bits per heavy atom. The van der Waals surface area contributed by atoms with E-state index in [0.717, 1.165) is 22.0 Å². The van der Waals surface area contributed by atoms with Crippen LogP contribution in [0.2, 0.25) is 0 Å². The third kappa shape index (κ3) is 1.58. The summed E-state index contributed by atoms with van der Waals surface area (Å²) in [4.78, 5) is 15.0. The largest absolute Gasteiger partial charge is 0.478 e. The number of nitrogen functional groups attached to an aromatic ring is 1. The first-order valence-electron chi connectivity index (χ1n) is 4.90. The molecule has 16 heavy (non-hydrogen) atoms. The number of carboxylic acids is 1. The summed E-state index contributed by atoms with van der Waals surface area (Å²) in [6.07, 6.45) is 0. The first kappa shape index (κ1) is 10.4. The molecule has 4 nitrogen and oxygen atoms in total. The van der Waals surface area contributed by atoms with E-state index in [4.69, 9.17) is 10.8 Å². The van der Waals surface area contributed by atoms with Crippen LogP contribution in [0.4, 0.5) is 5.82 Å². The molecule has 1 aromatic carbocycles. The highest BCUT2D eigenvalue weighted by molar-refractivity contribution is 5.98. The molecule has 0 saturated carbocycles. The van der Waals surface area contributed by atoms with Crippen LogP contribution in [0.3, 0.4) is 0 Å². The molecule has 3 N–H and O–H groups in total. The van der Waals surface area contributed by atoms with Gasteiger partial charge in [0.15, 0.2) is 0 Å². The fourth-order valence-electron chi connectivity index (χ4n) is 1.82. The van der Waals surface area contributed by atoms with Crippen molar-refractivity contribution in [2.24, 2.45) is 0 Å². The zero-order valence-corrected chi connectivity index (χ0v) is 9.11. The van der Waals surface area contributed by atoms with Gasteiger partial charge in [0.25, 0.3) is 0 Å². The topological polar surface area (TPSA) is 76.2 Å². The van der Waals surface area contributed by atoms with Crippen molar-refractivity contribution in [3.63, 3.8) is 0 Å². The van der Waals surface area contributed by atoms with Gasteiger partial charge in [0.2, 0.25) is 0 Å². The molecule has 0 fully saturated rings. The standard InChI is InChI=1S/C12H12N2O2/c1-6-3-7(2)8-5-9(12(15)16)11(13)14-10(8)4-6/h3-5H,1-2H3,(H2,13,14)(H,15,16). The van der Waals surface area contributed by atoms with Gasteiger partial charge in [-0.15, -0.1) is 0 Å². The third-order valence-corrected chi connectivity index (χ3v) is 2.55. The summed E-state index contributed by atoms with van der Waals surface area (Å²) in [5, 5.41) is 9.78. The number of carboxylic acid groups (broad SMARTS) is 1. The number of pyridine rings is 1. The minimum Gasteiger partial charge on any atom is -0.478 e. The molecule has 0 aliphatic heterocycles. The van der Waals surface area contributed by atoms with E-state index in [-0.39, 0.29) is 11.4 Å². The molecule has 0 spiro atoms. The maximum absolute atomic E-state index is 10.9. The first-order chi connectivity index (χ1) is 7.49. The van der Waals surface area contributed by atoms with Crippen LogP contribution in [0.25, 0.3) is 10.9 Å². The number of hydrogen-bond donors (Lipinski definition) is 2. The number of carbonyl (C=O) groups is 1. The second-order valence-electron chi connectivity index (χ2n) is 3.87. The summed E-state index contributed by atoms with van der Waals surface area (Å²) in [5.41, 5.74) is 8.47. The Labute approximate surface area is 92.7 Å². The predicted molar refractivity (Wildman–Crippen MR) is 62.6 cm³/mol. The molecule has 2 rings (SSSR count). The molecule has 1 heterocycles. The summed E-state index contributed by atoms with van der Waals surface area (Å²) < 4.78 is 0. The summed E-state index contributed by atoms with van der Waals surface area (Å²) in [6.45, 7) is 3.90. The monoisotopic (exact) mass is 216 g/mol. The molecule has 0 aliphatic carbocycles. The maximum Gasteiger partial charge on any atom is 0.339 e. The van der Waals surface area contributed by atoms with E-state index in [1.807, 2.05) is 26.0 Å². The molecule has 1 aromatic heterocycles. The van der Waals surface area contributed by atoms with E-state index in [2.05, 4.69) is 4.98 Å². The van der Waals surface area contributed by atoms with Gasteiger partial charge in [-0.2, -0.15) is 0 Å². The number of aryl methyl sites for hydroxylation is 2. The van der Waals surface area contributed by atoms with Crippen LogP contribution < -0.4 is 5.73 Å². The summed E-state index contributed by atoms with van der Waals surface area (Å²) >= 11 is 0. The van der Waals surface area contributed by atoms with E-state index in [0.29, 0.717) is 0 Å². The highest BCUT2D eigenvalue weighted by atomic mass is 16.4. The molecule has 0 amide bonds. The second-order valence-corrected chi connectivity index (χ2v) is 3.87. The first-order valence-corrected chi connectivity index (χ1v) is 4.90. The van der Waals surface area contributed by atoms with Crippen LogP contribution in [-0.2, 0) is 0 Å². The molecular formula is C12H12N2O2. The van der Waals surface area contributed by atoms with Gasteiger partial charge in [-0.25, -0.2) is 9.78 Å². The predicted octanol–water partition coefficient (Wildman–Crippen LogP) is 2.13. The Hall–Kier alpha value is -2.10. The Balaban J connectivity index is 2.84. The van der Waals surface area contributed by atoms with Crippen molar-refractivity contribution in [1.29, 1.82) is 0 Å². The molecule has 82 valence electrons. The molecule has 4 heteroatoms. The van der Waals surface area contributed by atoms with E-state index in [1.165, 1.54) is 0 Å². The van der Waals surface area contributed by atoms with Crippen molar-refractivity contribution in [2.75, 3.05) is 5.73 Å². The lowest BCUT2D eigenvalue weighted by Crippen LogP contribution is -2.05.